The molecule has 0 radical (unpaired) electrons. The predicted molar refractivity (Wildman–Crippen MR) is 79.5 cm³/mol. The first-order valence-electron chi connectivity index (χ1n) is 7.96. The predicted octanol–water partition coefficient (Wildman–Crippen LogP) is 1.51. The van der Waals surface area contributed by atoms with Crippen LogP contribution in [-0.2, 0) is 11.3 Å². The minimum absolute atomic E-state index is 0.0954. The average Bonchev–Trinajstić information content (AvgIpc) is 3.00. The summed E-state index contributed by atoms with van der Waals surface area (Å²) in [4.78, 5) is 11.9. The molecule has 0 bridgehead atoms. The number of aliphatic hydroxyl groups excluding tert-OH is 1. The molecular weight excluding hydrogens is 268 g/mol. The molecule has 0 saturated heterocycles. The highest BCUT2D eigenvalue weighted by atomic mass is 16.3. The van der Waals surface area contributed by atoms with Gasteiger partial charge in [-0.1, -0.05) is 24.5 Å². The lowest BCUT2D eigenvalue weighted by atomic mass is 9.72. The van der Waals surface area contributed by atoms with E-state index in [2.05, 4.69) is 15.6 Å². The fourth-order valence-corrected chi connectivity index (χ4v) is 3.18. The molecule has 1 aliphatic rings. The van der Waals surface area contributed by atoms with Crippen LogP contribution in [0.1, 0.15) is 51.4 Å². The highest BCUT2D eigenvalue weighted by Gasteiger charge is 2.31. The molecular formula is C15H26N4O2. The molecule has 0 unspecified atom stereocenters. The molecule has 2 N–H and O–H groups in total. The smallest absolute Gasteiger partial charge is 0.220 e. The van der Waals surface area contributed by atoms with E-state index in [9.17, 15) is 9.90 Å². The lowest BCUT2D eigenvalue weighted by Crippen LogP contribution is -2.39. The lowest BCUT2D eigenvalue weighted by molar-refractivity contribution is -0.122. The Kier molecular flexibility index (Phi) is 6.17. The van der Waals surface area contributed by atoms with Crippen LogP contribution in [-0.4, -0.2) is 39.2 Å². The molecule has 21 heavy (non-hydrogen) atoms. The number of aliphatic hydroxyl groups is 1. The van der Waals surface area contributed by atoms with Gasteiger partial charge in [0.1, 0.15) is 0 Å². The summed E-state index contributed by atoms with van der Waals surface area (Å²) in [5.74, 6) is 0.0954. The van der Waals surface area contributed by atoms with Crippen LogP contribution in [0.2, 0.25) is 0 Å². The van der Waals surface area contributed by atoms with Crippen molar-refractivity contribution in [3.63, 3.8) is 0 Å². The maximum absolute atomic E-state index is 11.9. The van der Waals surface area contributed by atoms with Gasteiger partial charge in [-0.05, 0) is 31.1 Å². The van der Waals surface area contributed by atoms with Gasteiger partial charge in [0.05, 0.1) is 6.20 Å². The van der Waals surface area contributed by atoms with Crippen molar-refractivity contribution in [3.8, 4) is 0 Å². The Labute approximate surface area is 125 Å². The number of nitrogens with one attached hydrogen (secondary N) is 1. The molecule has 1 aromatic rings. The molecule has 1 fully saturated rings. The van der Waals surface area contributed by atoms with Crippen LogP contribution < -0.4 is 5.32 Å². The Morgan fingerprint density at radius 3 is 2.81 bits per heavy atom. The number of amides is 1. The van der Waals surface area contributed by atoms with Gasteiger partial charge in [0.2, 0.25) is 5.91 Å². The summed E-state index contributed by atoms with van der Waals surface area (Å²) in [6.07, 6.45) is 11.4. The van der Waals surface area contributed by atoms with E-state index < -0.39 is 0 Å². The Morgan fingerprint density at radius 1 is 1.33 bits per heavy atom. The molecule has 0 aromatic carbocycles. The standard InChI is InChI=1S/C15H26N4O2/c20-12-8-15(6-2-1-3-7-15)13-16-14(21)5-4-10-19-11-9-17-18-19/h9,11,20H,1-8,10,12-13H2,(H,16,21). The highest BCUT2D eigenvalue weighted by molar-refractivity contribution is 5.75. The maximum atomic E-state index is 11.9. The van der Waals surface area contributed by atoms with Gasteiger partial charge in [-0.25, -0.2) is 0 Å². The van der Waals surface area contributed by atoms with Crippen LogP contribution in [0.3, 0.4) is 0 Å². The zero-order valence-electron chi connectivity index (χ0n) is 12.6. The average molecular weight is 294 g/mol. The lowest BCUT2D eigenvalue weighted by Gasteiger charge is -2.37. The summed E-state index contributed by atoms with van der Waals surface area (Å²) >= 11 is 0. The fraction of sp³-hybridized carbons (Fsp3) is 0.800. The summed E-state index contributed by atoms with van der Waals surface area (Å²) in [6.45, 7) is 1.63. The van der Waals surface area contributed by atoms with E-state index in [-0.39, 0.29) is 17.9 Å². The van der Waals surface area contributed by atoms with Gasteiger partial charge < -0.3 is 10.4 Å². The Morgan fingerprint density at radius 2 is 2.14 bits per heavy atom. The first-order chi connectivity index (χ1) is 10.2. The van der Waals surface area contributed by atoms with Crippen molar-refractivity contribution in [1.29, 1.82) is 0 Å². The molecule has 0 aliphatic heterocycles. The summed E-state index contributed by atoms with van der Waals surface area (Å²) in [5, 5.41) is 19.9. The third-order valence-electron chi connectivity index (χ3n) is 4.48. The monoisotopic (exact) mass is 294 g/mol. The molecule has 0 atom stereocenters. The normalized spacial score (nSPS) is 17.6. The van der Waals surface area contributed by atoms with Gasteiger partial charge in [0.25, 0.3) is 0 Å². The minimum atomic E-state index is 0.0954. The second-order valence-electron chi connectivity index (χ2n) is 6.08. The Hall–Kier alpha value is -1.43. The number of aromatic nitrogens is 3. The van der Waals surface area contributed by atoms with Gasteiger partial charge >= 0.3 is 0 Å². The van der Waals surface area contributed by atoms with Crippen molar-refractivity contribution in [1.82, 2.24) is 20.3 Å². The van der Waals surface area contributed by atoms with E-state index in [1.165, 1.54) is 19.3 Å². The molecule has 6 heteroatoms. The molecule has 1 saturated carbocycles. The van der Waals surface area contributed by atoms with Crippen LogP contribution in [0.25, 0.3) is 0 Å². The number of hydrogen-bond acceptors (Lipinski definition) is 4. The SMILES string of the molecule is O=C(CCCn1ccnn1)NCC1(CCO)CCCCC1. The van der Waals surface area contributed by atoms with Crippen molar-refractivity contribution >= 4 is 5.91 Å². The summed E-state index contributed by atoms with van der Waals surface area (Å²) in [5.41, 5.74) is 0.120. The van der Waals surface area contributed by atoms with Crippen LogP contribution in [0.15, 0.2) is 12.4 Å². The second kappa shape index (κ2) is 8.12. The van der Waals surface area contributed by atoms with E-state index in [4.69, 9.17) is 0 Å². The second-order valence-corrected chi connectivity index (χ2v) is 6.08. The topological polar surface area (TPSA) is 80.0 Å². The van der Waals surface area contributed by atoms with E-state index in [1.807, 2.05) is 0 Å². The Balaban J connectivity index is 1.68. The quantitative estimate of drug-likeness (QED) is 0.761. The maximum Gasteiger partial charge on any atom is 0.220 e. The molecule has 0 spiro atoms. The van der Waals surface area contributed by atoms with Crippen molar-refractivity contribution in [2.45, 2.75) is 57.9 Å². The number of rotatable bonds is 8. The number of hydrogen-bond donors (Lipinski definition) is 2. The number of carbonyl (C=O) groups excluding carboxylic acids is 1. The van der Waals surface area contributed by atoms with Gasteiger partial charge in [-0.15, -0.1) is 5.10 Å². The molecule has 2 rings (SSSR count). The van der Waals surface area contributed by atoms with Crippen molar-refractivity contribution in [2.24, 2.45) is 5.41 Å². The summed E-state index contributed by atoms with van der Waals surface area (Å²) < 4.78 is 1.74. The first-order valence-corrected chi connectivity index (χ1v) is 7.96. The highest BCUT2D eigenvalue weighted by Crippen LogP contribution is 2.38. The van der Waals surface area contributed by atoms with Crippen molar-refractivity contribution in [3.05, 3.63) is 12.4 Å². The summed E-state index contributed by atoms with van der Waals surface area (Å²) in [6, 6.07) is 0. The zero-order valence-corrected chi connectivity index (χ0v) is 12.6. The van der Waals surface area contributed by atoms with Crippen LogP contribution in [0.5, 0.6) is 0 Å². The third kappa shape index (κ3) is 5.12. The van der Waals surface area contributed by atoms with Crippen molar-refractivity contribution in [2.75, 3.05) is 13.2 Å². The molecule has 1 aliphatic carbocycles. The molecule has 1 heterocycles. The minimum Gasteiger partial charge on any atom is -0.396 e. The zero-order chi connectivity index (χ0) is 15.0. The van der Waals surface area contributed by atoms with Gasteiger partial charge in [-0.2, -0.15) is 0 Å². The van der Waals surface area contributed by atoms with E-state index in [0.29, 0.717) is 13.0 Å². The molecule has 1 amide bonds. The number of carbonyl (C=O) groups is 1. The largest absolute Gasteiger partial charge is 0.396 e. The van der Waals surface area contributed by atoms with Gasteiger partial charge in [0, 0.05) is 32.3 Å². The molecule has 118 valence electrons. The number of aryl methyl sites for hydroxylation is 1. The van der Waals surface area contributed by atoms with Crippen LogP contribution in [0, 0.1) is 5.41 Å². The van der Waals surface area contributed by atoms with E-state index >= 15 is 0 Å². The summed E-state index contributed by atoms with van der Waals surface area (Å²) in [7, 11) is 0. The van der Waals surface area contributed by atoms with Crippen LogP contribution >= 0.6 is 0 Å². The first kappa shape index (κ1) is 15.9. The van der Waals surface area contributed by atoms with Crippen molar-refractivity contribution < 1.29 is 9.90 Å². The van der Waals surface area contributed by atoms with Gasteiger partial charge in [0.15, 0.2) is 0 Å². The van der Waals surface area contributed by atoms with Gasteiger partial charge in [-0.3, -0.25) is 9.48 Å². The molecule has 1 aromatic heterocycles. The molecule has 6 nitrogen and oxygen atoms in total. The van der Waals surface area contributed by atoms with E-state index in [1.54, 1.807) is 17.1 Å². The fourth-order valence-electron chi connectivity index (χ4n) is 3.18. The van der Waals surface area contributed by atoms with Crippen LogP contribution in [0.4, 0.5) is 0 Å². The number of nitrogens with zero attached hydrogens (tertiary/aromatic N) is 3. The Bertz CT molecular complexity index is 408. The third-order valence-corrected chi connectivity index (χ3v) is 4.48. The van der Waals surface area contributed by atoms with E-state index in [0.717, 1.165) is 32.2 Å².